The second kappa shape index (κ2) is 5.12. The second-order valence-corrected chi connectivity index (χ2v) is 3.46. The molecule has 0 bridgehead atoms. The van der Waals surface area contributed by atoms with E-state index in [-0.39, 0.29) is 18.2 Å². The lowest BCUT2D eigenvalue weighted by Crippen LogP contribution is -2.14. The van der Waals surface area contributed by atoms with E-state index in [1.807, 2.05) is 18.2 Å². The molecule has 0 radical (unpaired) electrons. The van der Waals surface area contributed by atoms with E-state index in [4.69, 9.17) is 10.5 Å². The molecule has 2 N–H and O–H groups in total. The fourth-order valence-corrected chi connectivity index (χ4v) is 1.40. The lowest BCUT2D eigenvalue weighted by Gasteiger charge is -2.06. The Labute approximate surface area is 99.1 Å². The SMILES string of the molecule is Nc1ncccc1C(=O)COc1ccccc1. The van der Waals surface area contributed by atoms with Crippen molar-refractivity contribution in [3.05, 3.63) is 54.2 Å². The highest BCUT2D eigenvalue weighted by atomic mass is 16.5. The van der Waals surface area contributed by atoms with E-state index in [2.05, 4.69) is 4.98 Å². The van der Waals surface area contributed by atoms with Crippen LogP contribution in [0.1, 0.15) is 10.4 Å². The van der Waals surface area contributed by atoms with Gasteiger partial charge in [-0.2, -0.15) is 0 Å². The van der Waals surface area contributed by atoms with Crippen LogP contribution < -0.4 is 10.5 Å². The summed E-state index contributed by atoms with van der Waals surface area (Å²) in [4.78, 5) is 15.7. The van der Waals surface area contributed by atoms with Crippen LogP contribution in [0.15, 0.2) is 48.7 Å². The quantitative estimate of drug-likeness (QED) is 0.812. The monoisotopic (exact) mass is 228 g/mol. The van der Waals surface area contributed by atoms with Gasteiger partial charge in [0, 0.05) is 6.20 Å². The smallest absolute Gasteiger partial charge is 0.203 e. The molecule has 0 aliphatic rings. The number of nitrogens with zero attached hydrogens (tertiary/aromatic N) is 1. The summed E-state index contributed by atoms with van der Waals surface area (Å²) in [6.45, 7) is -0.0418. The van der Waals surface area contributed by atoms with E-state index in [0.29, 0.717) is 11.3 Å². The molecule has 0 aliphatic heterocycles. The first-order valence-corrected chi connectivity index (χ1v) is 5.19. The number of pyridine rings is 1. The number of carbonyl (C=O) groups is 1. The second-order valence-electron chi connectivity index (χ2n) is 3.46. The van der Waals surface area contributed by atoms with E-state index in [1.54, 1.807) is 30.5 Å². The van der Waals surface area contributed by atoms with Gasteiger partial charge >= 0.3 is 0 Å². The minimum absolute atomic E-state index is 0.0418. The number of nitrogen functional groups attached to an aromatic ring is 1. The molecule has 0 amide bonds. The first kappa shape index (κ1) is 11.1. The lowest BCUT2D eigenvalue weighted by atomic mass is 10.2. The topological polar surface area (TPSA) is 65.2 Å². The minimum Gasteiger partial charge on any atom is -0.485 e. The van der Waals surface area contributed by atoms with Gasteiger partial charge in [-0.1, -0.05) is 18.2 Å². The van der Waals surface area contributed by atoms with Crippen LogP contribution in [0, 0.1) is 0 Å². The fraction of sp³-hybridized carbons (Fsp3) is 0.0769. The summed E-state index contributed by atoms with van der Waals surface area (Å²) >= 11 is 0. The zero-order chi connectivity index (χ0) is 12.1. The van der Waals surface area contributed by atoms with Gasteiger partial charge in [-0.25, -0.2) is 4.98 Å². The van der Waals surface area contributed by atoms with Crippen LogP contribution in [0.4, 0.5) is 5.82 Å². The molecule has 0 unspecified atom stereocenters. The number of hydrogen-bond acceptors (Lipinski definition) is 4. The summed E-state index contributed by atoms with van der Waals surface area (Å²) < 4.78 is 5.34. The number of ether oxygens (including phenoxy) is 1. The number of aromatic nitrogens is 1. The van der Waals surface area contributed by atoms with Gasteiger partial charge in [0.05, 0.1) is 5.56 Å². The van der Waals surface area contributed by atoms with Gasteiger partial charge < -0.3 is 10.5 Å². The Bertz CT molecular complexity index is 512. The first-order chi connectivity index (χ1) is 8.27. The third kappa shape index (κ3) is 2.81. The van der Waals surface area contributed by atoms with Crippen LogP contribution >= 0.6 is 0 Å². The predicted molar refractivity (Wildman–Crippen MR) is 64.9 cm³/mol. The van der Waals surface area contributed by atoms with Gasteiger partial charge in [-0.3, -0.25) is 4.79 Å². The lowest BCUT2D eigenvalue weighted by molar-refractivity contribution is 0.0922. The maximum Gasteiger partial charge on any atom is 0.203 e. The van der Waals surface area contributed by atoms with Crippen LogP contribution in [0.5, 0.6) is 5.75 Å². The molecular formula is C13H12N2O2. The van der Waals surface area contributed by atoms with Crippen molar-refractivity contribution in [3.63, 3.8) is 0 Å². The number of benzene rings is 1. The molecule has 2 rings (SSSR count). The van der Waals surface area contributed by atoms with Crippen molar-refractivity contribution in [1.82, 2.24) is 4.98 Å². The van der Waals surface area contributed by atoms with E-state index in [9.17, 15) is 4.79 Å². The summed E-state index contributed by atoms with van der Waals surface area (Å²) in [6.07, 6.45) is 1.55. The molecule has 4 heteroatoms. The van der Waals surface area contributed by atoms with Gasteiger partial charge in [0.2, 0.25) is 5.78 Å². The Morgan fingerprint density at radius 2 is 1.94 bits per heavy atom. The van der Waals surface area contributed by atoms with Crippen LogP contribution in [0.25, 0.3) is 0 Å². The van der Waals surface area contributed by atoms with Gasteiger partial charge in [0.1, 0.15) is 11.6 Å². The molecule has 0 aliphatic carbocycles. The van der Waals surface area contributed by atoms with Gasteiger partial charge in [-0.05, 0) is 24.3 Å². The molecule has 17 heavy (non-hydrogen) atoms. The highest BCUT2D eigenvalue weighted by Gasteiger charge is 2.10. The summed E-state index contributed by atoms with van der Waals surface area (Å²) in [7, 11) is 0. The van der Waals surface area contributed by atoms with Crippen molar-refractivity contribution in [2.45, 2.75) is 0 Å². The molecule has 1 heterocycles. The Morgan fingerprint density at radius 1 is 1.18 bits per heavy atom. The molecule has 0 saturated heterocycles. The standard InChI is InChI=1S/C13H12N2O2/c14-13-11(7-4-8-15-13)12(16)9-17-10-5-2-1-3-6-10/h1-8H,9H2,(H2,14,15). The molecule has 0 atom stereocenters. The third-order valence-corrected chi connectivity index (χ3v) is 2.25. The number of ketones is 1. The van der Waals surface area contributed by atoms with Crippen molar-refractivity contribution in [1.29, 1.82) is 0 Å². The maximum atomic E-state index is 11.8. The normalized spacial score (nSPS) is 9.88. The Balaban J connectivity index is 2.01. The molecule has 1 aromatic heterocycles. The Hall–Kier alpha value is -2.36. The number of Topliss-reactive ketones (excluding diaryl/α,β-unsaturated/α-hetero) is 1. The van der Waals surface area contributed by atoms with Gasteiger partial charge in [0.15, 0.2) is 6.61 Å². The van der Waals surface area contributed by atoms with E-state index in [0.717, 1.165) is 0 Å². The van der Waals surface area contributed by atoms with E-state index >= 15 is 0 Å². The van der Waals surface area contributed by atoms with Gasteiger partial charge in [-0.15, -0.1) is 0 Å². The number of nitrogens with two attached hydrogens (primary N) is 1. The highest BCUT2D eigenvalue weighted by molar-refractivity contribution is 6.00. The average Bonchev–Trinajstić information content (AvgIpc) is 2.38. The van der Waals surface area contributed by atoms with Crippen LogP contribution in [0.3, 0.4) is 0 Å². The number of hydrogen-bond donors (Lipinski definition) is 1. The fourth-order valence-electron chi connectivity index (χ4n) is 1.40. The minimum atomic E-state index is -0.181. The number of rotatable bonds is 4. The number of para-hydroxylation sites is 1. The summed E-state index contributed by atoms with van der Waals surface area (Å²) in [5, 5.41) is 0. The van der Waals surface area contributed by atoms with Crippen molar-refractivity contribution >= 4 is 11.6 Å². The molecular weight excluding hydrogens is 216 g/mol. The molecule has 0 saturated carbocycles. The van der Waals surface area contributed by atoms with Crippen molar-refractivity contribution in [3.8, 4) is 5.75 Å². The zero-order valence-corrected chi connectivity index (χ0v) is 9.17. The molecule has 4 nitrogen and oxygen atoms in total. The summed E-state index contributed by atoms with van der Waals surface area (Å²) in [5.74, 6) is 0.705. The van der Waals surface area contributed by atoms with E-state index < -0.39 is 0 Å². The highest BCUT2D eigenvalue weighted by Crippen LogP contribution is 2.11. The molecule has 2 aromatic rings. The Morgan fingerprint density at radius 3 is 2.65 bits per heavy atom. The maximum absolute atomic E-state index is 11.8. The number of anilines is 1. The molecule has 0 fully saturated rings. The number of carbonyl (C=O) groups excluding carboxylic acids is 1. The van der Waals surface area contributed by atoms with Crippen LogP contribution in [-0.2, 0) is 0 Å². The zero-order valence-electron chi connectivity index (χ0n) is 9.17. The molecule has 86 valence electrons. The first-order valence-electron chi connectivity index (χ1n) is 5.19. The summed E-state index contributed by atoms with van der Waals surface area (Å²) in [5.41, 5.74) is 5.99. The van der Waals surface area contributed by atoms with Crippen molar-refractivity contribution < 1.29 is 9.53 Å². The molecule has 0 spiro atoms. The van der Waals surface area contributed by atoms with Gasteiger partial charge in [0.25, 0.3) is 0 Å². The summed E-state index contributed by atoms with van der Waals surface area (Å²) in [6, 6.07) is 12.5. The van der Waals surface area contributed by atoms with Crippen molar-refractivity contribution in [2.24, 2.45) is 0 Å². The largest absolute Gasteiger partial charge is 0.485 e. The predicted octanol–water partition coefficient (Wildman–Crippen LogP) is 1.93. The van der Waals surface area contributed by atoms with Crippen LogP contribution in [0.2, 0.25) is 0 Å². The Kier molecular flexibility index (Phi) is 3.35. The molecule has 1 aromatic carbocycles. The average molecular weight is 228 g/mol. The van der Waals surface area contributed by atoms with E-state index in [1.165, 1.54) is 0 Å². The van der Waals surface area contributed by atoms with Crippen LogP contribution in [-0.4, -0.2) is 17.4 Å². The van der Waals surface area contributed by atoms with Crippen molar-refractivity contribution in [2.75, 3.05) is 12.3 Å². The third-order valence-electron chi connectivity index (χ3n) is 2.25.